The Bertz CT molecular complexity index is 1190. The zero-order valence-electron chi connectivity index (χ0n) is 13.1. The van der Waals surface area contributed by atoms with Crippen LogP contribution in [-0.2, 0) is 0 Å². The Morgan fingerprint density at radius 1 is 1.15 bits per heavy atom. The minimum Gasteiger partial charge on any atom is -0.467 e. The molecule has 2 heterocycles. The highest BCUT2D eigenvalue weighted by Gasteiger charge is 2.33. The fourth-order valence-electron chi connectivity index (χ4n) is 2.99. The summed E-state index contributed by atoms with van der Waals surface area (Å²) in [5.41, 5.74) is 5.06. The average Bonchev–Trinajstić information content (AvgIpc) is 2.62. The van der Waals surface area contributed by atoms with Gasteiger partial charge in [-0.25, -0.2) is 13.6 Å². The lowest BCUT2D eigenvalue weighted by molar-refractivity contribution is 0.284. The van der Waals surface area contributed by atoms with Gasteiger partial charge in [-0.1, -0.05) is 12.1 Å². The molecule has 1 aromatic heterocycles. The first-order chi connectivity index (χ1) is 12.5. The van der Waals surface area contributed by atoms with Gasteiger partial charge < -0.3 is 14.9 Å². The van der Waals surface area contributed by atoms with E-state index < -0.39 is 23.4 Å². The van der Waals surface area contributed by atoms with Crippen molar-refractivity contribution < 1.29 is 17.9 Å². The Kier molecular flexibility index (Phi) is 3.48. The third-order valence-corrected chi connectivity index (χ3v) is 4.14. The van der Waals surface area contributed by atoms with Crippen LogP contribution in [0.5, 0.6) is 5.75 Å². The highest BCUT2D eigenvalue weighted by molar-refractivity contribution is 5.95. The minimum absolute atomic E-state index is 0.0326. The number of hydrogen-bond acceptors (Lipinski definition) is 5. The van der Waals surface area contributed by atoms with Crippen LogP contribution >= 0.6 is 0 Å². The number of nitriles is 1. The molecular formula is C19H10F2N2O3. The quantitative estimate of drug-likeness (QED) is 0.680. The fourth-order valence-corrected chi connectivity index (χ4v) is 2.99. The summed E-state index contributed by atoms with van der Waals surface area (Å²) in [7, 11) is 0. The largest absolute Gasteiger partial charge is 0.467 e. The van der Waals surface area contributed by atoms with E-state index >= 15 is 0 Å². The lowest BCUT2D eigenvalue weighted by Gasteiger charge is -2.25. The van der Waals surface area contributed by atoms with E-state index in [9.17, 15) is 18.8 Å². The van der Waals surface area contributed by atoms with Crippen LogP contribution in [0, 0.1) is 23.0 Å². The molecule has 26 heavy (non-hydrogen) atoms. The van der Waals surface area contributed by atoms with Crippen molar-refractivity contribution in [3.05, 3.63) is 81.3 Å². The standard InChI is InChI=1S/C19H10F2N2O3/c20-9-5-6-10(12(21)7-9)15-16-18(25-14(8-22)17(15)23)11-3-1-2-4-13(11)26-19(16)24/h1-7,14H,23H2. The van der Waals surface area contributed by atoms with Gasteiger partial charge in [0.15, 0.2) is 0 Å². The number of para-hydroxylation sites is 1. The molecule has 1 aliphatic heterocycles. The van der Waals surface area contributed by atoms with Crippen LogP contribution in [0.1, 0.15) is 11.1 Å². The molecule has 0 saturated carbocycles. The molecule has 2 aromatic carbocycles. The molecule has 0 saturated heterocycles. The van der Waals surface area contributed by atoms with Crippen LogP contribution in [0.2, 0.25) is 0 Å². The minimum atomic E-state index is -1.23. The summed E-state index contributed by atoms with van der Waals surface area (Å²) >= 11 is 0. The SMILES string of the molecule is N#CC1Oc2c(c(=O)oc3ccccc23)C(c2ccc(F)cc2F)=C1N. The van der Waals surface area contributed by atoms with Crippen LogP contribution in [0.3, 0.4) is 0 Å². The number of ether oxygens (including phenoxy) is 1. The van der Waals surface area contributed by atoms with Crippen molar-refractivity contribution in [1.82, 2.24) is 0 Å². The van der Waals surface area contributed by atoms with Crippen molar-refractivity contribution >= 4 is 16.5 Å². The summed E-state index contributed by atoms with van der Waals surface area (Å²) < 4.78 is 38.6. The molecule has 0 amide bonds. The van der Waals surface area contributed by atoms with Crippen molar-refractivity contribution in [3.8, 4) is 11.8 Å². The van der Waals surface area contributed by atoms with E-state index in [0.717, 1.165) is 12.1 Å². The molecule has 1 atom stereocenters. The van der Waals surface area contributed by atoms with Crippen molar-refractivity contribution in [1.29, 1.82) is 5.26 Å². The Hall–Kier alpha value is -3.66. The highest BCUT2D eigenvalue weighted by Crippen LogP contribution is 2.41. The second-order valence-corrected chi connectivity index (χ2v) is 5.67. The van der Waals surface area contributed by atoms with Crippen LogP contribution in [-0.4, -0.2) is 6.10 Å². The molecule has 0 aliphatic carbocycles. The lowest BCUT2D eigenvalue weighted by Crippen LogP contribution is -2.31. The lowest BCUT2D eigenvalue weighted by atomic mass is 9.91. The second kappa shape index (κ2) is 5.70. The monoisotopic (exact) mass is 352 g/mol. The third-order valence-electron chi connectivity index (χ3n) is 4.14. The topological polar surface area (TPSA) is 89.2 Å². The number of hydrogen-bond donors (Lipinski definition) is 1. The Morgan fingerprint density at radius 3 is 2.65 bits per heavy atom. The molecule has 5 nitrogen and oxygen atoms in total. The van der Waals surface area contributed by atoms with Gasteiger partial charge in [0.2, 0.25) is 6.10 Å². The second-order valence-electron chi connectivity index (χ2n) is 5.67. The summed E-state index contributed by atoms with van der Waals surface area (Å²) in [6, 6.07) is 11.3. The van der Waals surface area contributed by atoms with Gasteiger partial charge in [-0.3, -0.25) is 0 Å². The number of rotatable bonds is 1. The van der Waals surface area contributed by atoms with Gasteiger partial charge in [0, 0.05) is 17.2 Å². The summed E-state index contributed by atoms with van der Waals surface area (Å²) in [4.78, 5) is 12.6. The van der Waals surface area contributed by atoms with Crippen LogP contribution < -0.4 is 16.1 Å². The molecule has 128 valence electrons. The van der Waals surface area contributed by atoms with Crippen molar-refractivity contribution in [2.45, 2.75) is 6.10 Å². The molecule has 0 spiro atoms. The molecule has 1 aliphatic rings. The molecule has 7 heteroatoms. The van der Waals surface area contributed by atoms with E-state index in [4.69, 9.17) is 14.9 Å². The fraction of sp³-hybridized carbons (Fsp3) is 0.0526. The molecule has 1 unspecified atom stereocenters. The predicted molar refractivity (Wildman–Crippen MR) is 89.1 cm³/mol. The average molecular weight is 352 g/mol. The van der Waals surface area contributed by atoms with Crippen LogP contribution in [0.25, 0.3) is 16.5 Å². The first-order valence-electron chi connectivity index (χ1n) is 7.59. The van der Waals surface area contributed by atoms with Gasteiger partial charge in [0.1, 0.15) is 34.6 Å². The van der Waals surface area contributed by atoms with Crippen molar-refractivity contribution in [2.75, 3.05) is 0 Å². The van der Waals surface area contributed by atoms with Crippen molar-refractivity contribution in [2.24, 2.45) is 5.73 Å². The maximum Gasteiger partial charge on any atom is 0.348 e. The number of fused-ring (bicyclic) bond motifs is 3. The third kappa shape index (κ3) is 2.24. The first kappa shape index (κ1) is 15.8. The van der Waals surface area contributed by atoms with E-state index in [2.05, 4.69) is 0 Å². The molecule has 0 bridgehead atoms. The Morgan fingerprint density at radius 2 is 1.92 bits per heavy atom. The van der Waals surface area contributed by atoms with Gasteiger partial charge in [-0.2, -0.15) is 5.26 Å². The van der Waals surface area contributed by atoms with Gasteiger partial charge >= 0.3 is 5.63 Å². The number of nitrogens with zero attached hydrogens (tertiary/aromatic N) is 1. The highest BCUT2D eigenvalue weighted by atomic mass is 19.1. The Labute approximate surface area is 145 Å². The molecule has 3 aromatic rings. The van der Waals surface area contributed by atoms with E-state index in [0.29, 0.717) is 11.5 Å². The van der Waals surface area contributed by atoms with Crippen LogP contribution in [0.15, 0.2) is 57.4 Å². The normalized spacial score (nSPS) is 16.1. The van der Waals surface area contributed by atoms with Gasteiger partial charge in [0.05, 0.1) is 11.1 Å². The zero-order chi connectivity index (χ0) is 18.4. The summed E-state index contributed by atoms with van der Waals surface area (Å²) in [5, 5.41) is 9.80. The van der Waals surface area contributed by atoms with Gasteiger partial charge in [0.25, 0.3) is 0 Å². The maximum atomic E-state index is 14.4. The van der Waals surface area contributed by atoms with E-state index in [1.807, 2.05) is 6.07 Å². The summed E-state index contributed by atoms with van der Waals surface area (Å²) in [6.45, 7) is 0. The molecule has 4 rings (SSSR count). The molecular weight excluding hydrogens is 342 g/mol. The Balaban J connectivity index is 2.13. The van der Waals surface area contributed by atoms with Crippen molar-refractivity contribution in [3.63, 3.8) is 0 Å². The number of benzene rings is 2. The first-order valence-corrected chi connectivity index (χ1v) is 7.59. The van der Waals surface area contributed by atoms with E-state index in [-0.39, 0.29) is 33.7 Å². The van der Waals surface area contributed by atoms with Crippen LogP contribution in [0.4, 0.5) is 8.78 Å². The number of nitrogens with two attached hydrogens (primary N) is 1. The summed E-state index contributed by atoms with van der Waals surface area (Å²) in [5.74, 6) is -1.61. The van der Waals surface area contributed by atoms with Gasteiger partial charge in [-0.15, -0.1) is 0 Å². The number of halogens is 2. The predicted octanol–water partition coefficient (Wildman–Crippen LogP) is 3.07. The smallest absolute Gasteiger partial charge is 0.348 e. The van der Waals surface area contributed by atoms with E-state index in [1.165, 1.54) is 0 Å². The zero-order valence-corrected chi connectivity index (χ0v) is 13.1. The maximum absolute atomic E-state index is 14.4. The van der Waals surface area contributed by atoms with Gasteiger partial charge in [-0.05, 0) is 24.3 Å². The summed E-state index contributed by atoms with van der Waals surface area (Å²) in [6.07, 6.45) is -1.23. The molecule has 0 fully saturated rings. The molecule has 2 N–H and O–H groups in total. The molecule has 0 radical (unpaired) electrons. The van der Waals surface area contributed by atoms with E-state index in [1.54, 1.807) is 24.3 Å².